The van der Waals surface area contributed by atoms with Crippen molar-refractivity contribution in [1.82, 2.24) is 10.2 Å². The molecule has 6 atom stereocenters. The molecule has 3 N–H and O–H groups in total. The molecule has 386 valence electrons. The number of hydrogen-bond donors (Lipinski definition) is 3. The van der Waals surface area contributed by atoms with E-state index in [1.807, 2.05) is 60.7 Å². The summed E-state index contributed by atoms with van der Waals surface area (Å²) in [7, 11) is 1.53. The number of unbranched alkanes of at least 4 members (excludes halogenated alkanes) is 11. The van der Waals surface area contributed by atoms with Crippen molar-refractivity contribution in [1.29, 1.82) is 0 Å². The van der Waals surface area contributed by atoms with Crippen LogP contribution >= 0.6 is 0 Å². The first-order valence-corrected chi connectivity index (χ1v) is 26.3. The van der Waals surface area contributed by atoms with Crippen LogP contribution in [-0.2, 0) is 27.4 Å². The minimum absolute atomic E-state index is 0.0210. The maximum Gasteiger partial charge on any atom is 0.412 e. The van der Waals surface area contributed by atoms with E-state index in [4.69, 9.17) is 38.4 Å². The molecule has 0 unspecified atom stereocenters. The summed E-state index contributed by atoms with van der Waals surface area (Å²) in [6.45, 7) is 7.33. The van der Waals surface area contributed by atoms with Gasteiger partial charge in [0.15, 0.2) is 11.5 Å². The summed E-state index contributed by atoms with van der Waals surface area (Å²) >= 11 is 0. The number of aliphatic hydroxyl groups excluding tert-OH is 2. The van der Waals surface area contributed by atoms with Crippen LogP contribution in [0, 0.1) is 17.8 Å². The fourth-order valence-corrected chi connectivity index (χ4v) is 11.1. The maximum atomic E-state index is 15.0. The Labute approximate surface area is 420 Å². The molecule has 0 radical (unpaired) electrons. The number of hydrogen-bond acceptors (Lipinski definition) is 12. The van der Waals surface area contributed by atoms with Crippen LogP contribution in [-0.4, -0.2) is 85.2 Å². The Morgan fingerprint density at radius 3 is 2.30 bits per heavy atom. The van der Waals surface area contributed by atoms with Crippen LogP contribution < -0.4 is 24.3 Å². The molecule has 14 nitrogen and oxygen atoms in total. The molecule has 4 aliphatic rings. The number of aliphatic hydroxyl groups is 2. The highest BCUT2D eigenvalue weighted by molar-refractivity contribution is 6.03. The summed E-state index contributed by atoms with van der Waals surface area (Å²) in [5.41, 5.74) is 4.11. The van der Waals surface area contributed by atoms with Gasteiger partial charge in [0, 0.05) is 44.2 Å². The highest BCUT2D eigenvalue weighted by Crippen LogP contribution is 2.62. The number of amides is 2. The van der Waals surface area contributed by atoms with E-state index >= 15 is 4.79 Å². The zero-order valence-electron chi connectivity index (χ0n) is 42.0. The zero-order valence-corrected chi connectivity index (χ0v) is 42.0. The topological polar surface area (TPSA) is 167 Å². The standard InChI is InChI=1S/C57H77N3O11/c1-4-6-7-8-9-10-11-12-13-21-33-66-56(64)60(39-42-26-28-50-51(34-42)68-40-67-50)52-37-48(59-65-3)46-35-43(24-17-19-30-61)45(25-18-20-31-62)53-47-36-44(70-55(63)58-38-41-22-15-14-16-23-41)27-29-49(47)71-57(52,54(46)53)69-32-5-2/h5,14-16,22-23,26-29,34-36,43,45,52-54,61-62H,2,4,6-13,17-21,24-25,30-33,37-40H2,1,3H3,(H,58,63)/t43-,45+,52-,53+,54+,57+/m0/s1. The van der Waals surface area contributed by atoms with Crippen LogP contribution in [0.3, 0.4) is 0 Å². The summed E-state index contributed by atoms with van der Waals surface area (Å²) in [5, 5.41) is 27.6. The first-order chi connectivity index (χ1) is 34.8. The van der Waals surface area contributed by atoms with E-state index in [-0.39, 0.29) is 63.9 Å². The van der Waals surface area contributed by atoms with Crippen LogP contribution in [0.1, 0.15) is 139 Å². The van der Waals surface area contributed by atoms with E-state index in [0.29, 0.717) is 48.1 Å². The normalized spacial score (nSPS) is 22.1. The lowest BCUT2D eigenvalue weighted by Crippen LogP contribution is -2.70. The molecule has 1 fully saturated rings. The molecule has 0 saturated heterocycles. The second-order valence-corrected chi connectivity index (χ2v) is 19.3. The fourth-order valence-electron chi connectivity index (χ4n) is 11.1. The largest absolute Gasteiger partial charge is 0.459 e. The number of oxime groups is 1. The molecule has 0 aromatic heterocycles. The van der Waals surface area contributed by atoms with Crippen molar-refractivity contribution in [3.8, 4) is 23.0 Å². The number of benzene rings is 3. The number of nitrogens with zero attached hydrogens (tertiary/aromatic N) is 2. The molecule has 7 rings (SSSR count). The SMILES string of the molecule is C=CCO[C@@]12Oc3ccc(OC(=O)NCc4ccccc4)cc3[C@H]3[C@H](CCCCO)[C@@H](CCCCO)C=C(C(=NOC)C[C@@H]1N(Cc1ccc4c(c1)OCO4)C(=O)OCCCCCCCCCCCC)[C@H]32. The Morgan fingerprint density at radius 2 is 1.56 bits per heavy atom. The molecule has 71 heavy (non-hydrogen) atoms. The molecule has 1 saturated carbocycles. The molecule has 3 aromatic rings. The molecule has 2 heterocycles. The highest BCUT2D eigenvalue weighted by Gasteiger charge is 2.65. The molecule has 3 aromatic carbocycles. The number of carbonyl (C=O) groups is 2. The third-order valence-electron chi connectivity index (χ3n) is 14.5. The van der Waals surface area contributed by atoms with Gasteiger partial charge in [0.25, 0.3) is 0 Å². The molecular formula is C57H77N3O11. The van der Waals surface area contributed by atoms with Crippen molar-refractivity contribution in [2.24, 2.45) is 22.9 Å². The van der Waals surface area contributed by atoms with Crippen molar-refractivity contribution < 1.29 is 53.1 Å². The van der Waals surface area contributed by atoms with Gasteiger partial charge in [-0.15, -0.1) is 6.58 Å². The number of rotatable bonds is 29. The predicted molar refractivity (Wildman–Crippen MR) is 273 cm³/mol. The van der Waals surface area contributed by atoms with Crippen LogP contribution in [0.4, 0.5) is 9.59 Å². The number of carbonyl (C=O) groups excluding carboxylic acids is 2. The zero-order chi connectivity index (χ0) is 49.8. The second kappa shape index (κ2) is 27.3. The van der Waals surface area contributed by atoms with Gasteiger partial charge in [-0.05, 0) is 91.0 Å². The first-order valence-electron chi connectivity index (χ1n) is 26.3. The third kappa shape index (κ3) is 13.7. The molecular weight excluding hydrogens is 903 g/mol. The fraction of sp³-hybridized carbons (Fsp3) is 0.561. The molecule has 0 bridgehead atoms. The lowest BCUT2D eigenvalue weighted by Gasteiger charge is -2.59. The Balaban J connectivity index is 1.28. The number of ether oxygens (including phenoxy) is 6. The Bertz CT molecular complexity index is 2230. The van der Waals surface area contributed by atoms with E-state index in [9.17, 15) is 15.0 Å². The van der Waals surface area contributed by atoms with Gasteiger partial charge in [-0.3, -0.25) is 4.90 Å². The number of fused-ring (bicyclic) bond motifs is 3. The van der Waals surface area contributed by atoms with Gasteiger partial charge in [0.1, 0.15) is 24.7 Å². The first kappa shape index (κ1) is 53.2. The van der Waals surface area contributed by atoms with Gasteiger partial charge in [-0.1, -0.05) is 131 Å². The van der Waals surface area contributed by atoms with E-state index in [1.54, 1.807) is 17.0 Å². The van der Waals surface area contributed by atoms with Crippen molar-refractivity contribution in [2.75, 3.05) is 40.3 Å². The summed E-state index contributed by atoms with van der Waals surface area (Å²) in [5.74, 6) is -0.305. The highest BCUT2D eigenvalue weighted by atomic mass is 16.7. The third-order valence-corrected chi connectivity index (χ3v) is 14.5. The van der Waals surface area contributed by atoms with Gasteiger partial charge in [-0.25, -0.2) is 9.59 Å². The average molecular weight is 980 g/mol. The monoisotopic (exact) mass is 980 g/mol. The predicted octanol–water partition coefficient (Wildman–Crippen LogP) is 11.5. The molecule has 2 aliphatic carbocycles. The number of nitrogens with one attached hydrogen (secondary N) is 1. The number of allylic oxidation sites excluding steroid dienone is 1. The molecule has 2 amide bonds. The van der Waals surface area contributed by atoms with Gasteiger partial charge in [-0.2, -0.15) is 0 Å². The van der Waals surface area contributed by atoms with Crippen molar-refractivity contribution in [3.63, 3.8) is 0 Å². The summed E-state index contributed by atoms with van der Waals surface area (Å²) < 4.78 is 38.3. The van der Waals surface area contributed by atoms with Gasteiger partial charge >= 0.3 is 12.2 Å². The minimum Gasteiger partial charge on any atom is -0.459 e. The van der Waals surface area contributed by atoms with Crippen molar-refractivity contribution >= 4 is 17.9 Å². The van der Waals surface area contributed by atoms with Gasteiger partial charge in [0.05, 0.1) is 24.8 Å². The Morgan fingerprint density at radius 1 is 0.845 bits per heavy atom. The minimum atomic E-state index is -1.52. The van der Waals surface area contributed by atoms with E-state index in [1.165, 1.54) is 52.1 Å². The van der Waals surface area contributed by atoms with E-state index in [2.05, 4.69) is 24.9 Å². The summed E-state index contributed by atoms with van der Waals surface area (Å²) in [6, 6.07) is 20.0. The van der Waals surface area contributed by atoms with E-state index < -0.39 is 29.9 Å². The smallest absolute Gasteiger partial charge is 0.412 e. The molecule has 0 spiro atoms. The molecule has 2 aliphatic heterocycles. The Hall–Kier alpha value is -5.57. The van der Waals surface area contributed by atoms with Crippen LogP contribution in [0.25, 0.3) is 0 Å². The average Bonchev–Trinajstić information content (AvgIpc) is 3.86. The second-order valence-electron chi connectivity index (χ2n) is 19.3. The Kier molecular flexibility index (Phi) is 20.5. The summed E-state index contributed by atoms with van der Waals surface area (Å²) in [4.78, 5) is 35.8. The van der Waals surface area contributed by atoms with Gasteiger partial charge < -0.3 is 48.8 Å². The van der Waals surface area contributed by atoms with Crippen LogP contribution in [0.15, 0.2) is 96.2 Å². The quantitative estimate of drug-likeness (QED) is 0.0344. The van der Waals surface area contributed by atoms with Crippen LogP contribution in [0.2, 0.25) is 0 Å². The van der Waals surface area contributed by atoms with Crippen LogP contribution in [0.5, 0.6) is 23.0 Å². The summed E-state index contributed by atoms with van der Waals surface area (Å²) in [6.07, 6.45) is 19.0. The lowest BCUT2D eigenvalue weighted by atomic mass is 9.55. The van der Waals surface area contributed by atoms with Gasteiger partial charge in [0.2, 0.25) is 12.6 Å². The van der Waals surface area contributed by atoms with Crippen molar-refractivity contribution in [2.45, 2.75) is 147 Å². The van der Waals surface area contributed by atoms with E-state index in [0.717, 1.165) is 67.2 Å². The maximum absolute atomic E-state index is 15.0. The molecule has 14 heteroatoms. The lowest BCUT2D eigenvalue weighted by molar-refractivity contribution is -0.256. The van der Waals surface area contributed by atoms with Crippen molar-refractivity contribution in [3.05, 3.63) is 108 Å².